The molecular formula is C21H28N2O6S. The van der Waals surface area contributed by atoms with Crippen molar-refractivity contribution >= 4 is 34.7 Å². The minimum Gasteiger partial charge on any atom is -0.508 e. The number of thioether (sulfide) groups is 1. The number of nitrogens with one attached hydrogen (secondary N) is 1. The number of rotatable bonds is 9. The molecule has 0 radical (unpaired) electrons. The number of benzene rings is 1. The van der Waals surface area contributed by atoms with Crippen LogP contribution < -0.4 is 5.32 Å². The molecule has 3 N–H and O–H groups in total. The molecule has 30 heavy (non-hydrogen) atoms. The summed E-state index contributed by atoms with van der Waals surface area (Å²) in [5, 5.41) is 21.4. The second kappa shape index (κ2) is 11.0. The van der Waals surface area contributed by atoms with Gasteiger partial charge in [-0.05, 0) is 30.5 Å². The van der Waals surface area contributed by atoms with Crippen LogP contribution >= 0.6 is 11.8 Å². The Morgan fingerprint density at radius 2 is 1.90 bits per heavy atom. The first-order valence-electron chi connectivity index (χ1n) is 10.00. The van der Waals surface area contributed by atoms with E-state index in [4.69, 9.17) is 0 Å². The van der Waals surface area contributed by atoms with Crippen LogP contribution in [-0.4, -0.2) is 62.4 Å². The summed E-state index contributed by atoms with van der Waals surface area (Å²) in [6.45, 7) is 3.93. The molecule has 1 aromatic rings. The van der Waals surface area contributed by atoms with Crippen LogP contribution in [0.2, 0.25) is 0 Å². The van der Waals surface area contributed by atoms with Crippen molar-refractivity contribution in [2.75, 3.05) is 12.3 Å². The number of carboxylic acid groups (broad SMARTS) is 1. The number of hydrogen-bond donors (Lipinski definition) is 3. The van der Waals surface area contributed by atoms with Gasteiger partial charge in [0.15, 0.2) is 5.12 Å². The molecule has 9 heteroatoms. The van der Waals surface area contributed by atoms with E-state index in [0.29, 0.717) is 37.1 Å². The van der Waals surface area contributed by atoms with Crippen LogP contribution in [0, 0.1) is 5.92 Å². The van der Waals surface area contributed by atoms with E-state index in [-0.39, 0.29) is 23.2 Å². The van der Waals surface area contributed by atoms with Crippen LogP contribution in [-0.2, 0) is 25.6 Å². The predicted octanol–water partition coefficient (Wildman–Crippen LogP) is 1.80. The Kier molecular flexibility index (Phi) is 8.71. The molecule has 1 aliphatic heterocycles. The van der Waals surface area contributed by atoms with Crippen molar-refractivity contribution in [1.29, 1.82) is 0 Å². The Bertz CT molecular complexity index is 782. The van der Waals surface area contributed by atoms with E-state index in [1.165, 1.54) is 17.0 Å². The number of phenols is 1. The van der Waals surface area contributed by atoms with Gasteiger partial charge in [-0.1, -0.05) is 37.7 Å². The van der Waals surface area contributed by atoms with E-state index in [1.807, 2.05) is 0 Å². The second-order valence-corrected chi connectivity index (χ2v) is 8.47. The number of nitrogens with zero attached hydrogens (tertiary/aromatic N) is 1. The van der Waals surface area contributed by atoms with Gasteiger partial charge in [0.1, 0.15) is 17.8 Å². The molecule has 0 aromatic heterocycles. The minimum atomic E-state index is -1.17. The first kappa shape index (κ1) is 23.7. The zero-order chi connectivity index (χ0) is 22.3. The number of hydrogen-bond acceptors (Lipinski definition) is 6. The third kappa shape index (κ3) is 6.48. The Balaban J connectivity index is 2.00. The van der Waals surface area contributed by atoms with Crippen molar-refractivity contribution in [2.24, 2.45) is 5.92 Å². The fourth-order valence-corrected chi connectivity index (χ4v) is 4.10. The fourth-order valence-electron chi connectivity index (χ4n) is 3.31. The lowest BCUT2D eigenvalue weighted by Gasteiger charge is -2.27. The maximum atomic E-state index is 12.8. The van der Waals surface area contributed by atoms with Gasteiger partial charge >= 0.3 is 5.97 Å². The molecule has 1 saturated heterocycles. The molecule has 1 heterocycles. The quantitative estimate of drug-likeness (QED) is 0.539. The molecule has 1 aromatic carbocycles. The van der Waals surface area contributed by atoms with Gasteiger partial charge in [-0.2, -0.15) is 0 Å². The van der Waals surface area contributed by atoms with E-state index in [2.05, 4.69) is 5.32 Å². The van der Waals surface area contributed by atoms with E-state index >= 15 is 0 Å². The van der Waals surface area contributed by atoms with Gasteiger partial charge in [0.2, 0.25) is 11.8 Å². The highest BCUT2D eigenvalue weighted by Crippen LogP contribution is 2.22. The van der Waals surface area contributed by atoms with E-state index in [0.717, 1.165) is 11.8 Å². The molecule has 0 spiro atoms. The molecule has 0 aliphatic carbocycles. The van der Waals surface area contributed by atoms with Gasteiger partial charge in [-0.25, -0.2) is 4.79 Å². The maximum Gasteiger partial charge on any atom is 0.326 e. The minimum absolute atomic E-state index is 0.0175. The monoisotopic (exact) mass is 436 g/mol. The van der Waals surface area contributed by atoms with Gasteiger partial charge < -0.3 is 20.4 Å². The average Bonchev–Trinajstić information content (AvgIpc) is 3.22. The molecule has 1 fully saturated rings. The molecule has 0 saturated carbocycles. The molecular weight excluding hydrogens is 408 g/mol. The highest BCUT2D eigenvalue weighted by atomic mass is 32.2. The number of aliphatic carboxylic acids is 1. The van der Waals surface area contributed by atoms with Crippen LogP contribution in [0.15, 0.2) is 24.3 Å². The summed E-state index contributed by atoms with van der Waals surface area (Å²) in [5.41, 5.74) is 0.658. The number of phenolic OH excluding ortho intramolecular Hbond substituents is 1. The van der Waals surface area contributed by atoms with E-state index < -0.39 is 29.9 Å². The topological polar surface area (TPSA) is 124 Å². The van der Waals surface area contributed by atoms with Gasteiger partial charge in [0, 0.05) is 31.1 Å². The Hall–Kier alpha value is -2.55. The number of likely N-dealkylation sites (tertiary alicyclic amines) is 1. The van der Waals surface area contributed by atoms with Crippen molar-refractivity contribution < 1.29 is 29.4 Å². The van der Waals surface area contributed by atoms with Crippen molar-refractivity contribution in [2.45, 2.75) is 51.6 Å². The lowest BCUT2D eigenvalue weighted by Crippen LogP contribution is -2.52. The highest BCUT2D eigenvalue weighted by Gasteiger charge is 2.37. The molecule has 164 valence electrons. The van der Waals surface area contributed by atoms with Crippen molar-refractivity contribution in [3.8, 4) is 5.75 Å². The first-order chi connectivity index (χ1) is 14.2. The standard InChI is InChI=1S/C21H28N2O6S/c1-3-18(25)30-12-13(2)20(27)23-10-4-5-17(23)19(26)22-16(21(28)29)11-14-6-8-15(24)9-7-14/h6-9,13,16-17,24H,3-5,10-12H2,1-2H3,(H,22,26)(H,28,29)/t13-,16+,17+/m1/s1. The Morgan fingerprint density at radius 3 is 2.50 bits per heavy atom. The maximum absolute atomic E-state index is 12.8. The Labute approximate surface area is 180 Å². The molecule has 0 bridgehead atoms. The van der Waals surface area contributed by atoms with Crippen LogP contribution in [0.4, 0.5) is 0 Å². The van der Waals surface area contributed by atoms with Crippen LogP contribution in [0.25, 0.3) is 0 Å². The van der Waals surface area contributed by atoms with Gasteiger partial charge in [0.05, 0.1) is 0 Å². The number of carbonyl (C=O) groups excluding carboxylic acids is 3. The summed E-state index contributed by atoms with van der Waals surface area (Å²) in [6.07, 6.45) is 1.59. The normalized spacial score (nSPS) is 17.9. The van der Waals surface area contributed by atoms with E-state index in [9.17, 15) is 29.4 Å². The lowest BCUT2D eigenvalue weighted by molar-refractivity contribution is -0.144. The molecule has 0 unspecified atom stereocenters. The smallest absolute Gasteiger partial charge is 0.326 e. The van der Waals surface area contributed by atoms with Gasteiger partial charge in [0.25, 0.3) is 0 Å². The summed E-state index contributed by atoms with van der Waals surface area (Å²) in [4.78, 5) is 50.2. The number of carboxylic acids is 1. The molecule has 3 atom stereocenters. The van der Waals surface area contributed by atoms with Crippen LogP contribution in [0.3, 0.4) is 0 Å². The number of carbonyl (C=O) groups is 4. The summed E-state index contributed by atoms with van der Waals surface area (Å²) in [5.74, 6) is -1.84. The van der Waals surface area contributed by atoms with Crippen molar-refractivity contribution in [3.63, 3.8) is 0 Å². The molecule has 2 amide bonds. The number of aromatic hydroxyl groups is 1. The molecule has 8 nitrogen and oxygen atoms in total. The summed E-state index contributed by atoms with van der Waals surface area (Å²) in [6, 6.07) is 4.24. The Morgan fingerprint density at radius 1 is 1.23 bits per heavy atom. The average molecular weight is 437 g/mol. The van der Waals surface area contributed by atoms with Crippen LogP contribution in [0.5, 0.6) is 5.75 Å². The van der Waals surface area contributed by atoms with Crippen LogP contribution in [0.1, 0.15) is 38.7 Å². The third-order valence-electron chi connectivity index (χ3n) is 5.03. The van der Waals surface area contributed by atoms with E-state index in [1.54, 1.807) is 26.0 Å². The van der Waals surface area contributed by atoms with Gasteiger partial charge in [-0.15, -0.1) is 0 Å². The summed E-state index contributed by atoms with van der Waals surface area (Å²) >= 11 is 1.12. The highest BCUT2D eigenvalue weighted by molar-refractivity contribution is 8.13. The largest absolute Gasteiger partial charge is 0.508 e. The fraction of sp³-hybridized carbons (Fsp3) is 0.524. The van der Waals surface area contributed by atoms with Gasteiger partial charge in [-0.3, -0.25) is 14.4 Å². The second-order valence-electron chi connectivity index (χ2n) is 7.40. The summed E-state index contributed by atoms with van der Waals surface area (Å²) < 4.78 is 0. The van der Waals surface area contributed by atoms with Crippen molar-refractivity contribution in [1.82, 2.24) is 10.2 Å². The SMILES string of the molecule is CCC(=O)SC[C@@H](C)C(=O)N1CCC[C@H]1C(=O)N[C@@H](Cc1ccc(O)cc1)C(=O)O. The zero-order valence-electron chi connectivity index (χ0n) is 17.2. The van der Waals surface area contributed by atoms with Crippen molar-refractivity contribution in [3.05, 3.63) is 29.8 Å². The summed E-state index contributed by atoms with van der Waals surface area (Å²) in [7, 11) is 0. The third-order valence-corrected chi connectivity index (χ3v) is 6.31. The predicted molar refractivity (Wildman–Crippen MR) is 113 cm³/mol. The molecule has 2 rings (SSSR count). The first-order valence-corrected chi connectivity index (χ1v) is 11.0. The lowest BCUT2D eigenvalue weighted by atomic mass is 10.0. The zero-order valence-corrected chi connectivity index (χ0v) is 18.0. The number of amides is 2. The molecule has 1 aliphatic rings.